The third-order valence-corrected chi connectivity index (χ3v) is 6.54. The number of nitrogens with one attached hydrogen (secondary N) is 1. The first-order chi connectivity index (χ1) is 14.6. The number of hydrogen-bond donors (Lipinski definition) is 1. The second-order valence-electron chi connectivity index (χ2n) is 7.19. The lowest BCUT2D eigenvalue weighted by Crippen LogP contribution is -2.53. The topological polar surface area (TPSA) is 90.8 Å². The Kier molecular flexibility index (Phi) is 10.4. The van der Waals surface area contributed by atoms with Crippen LogP contribution in [0.1, 0.15) is 18.9 Å². The van der Waals surface area contributed by atoms with Crippen LogP contribution >= 0.6 is 24.0 Å². The van der Waals surface area contributed by atoms with Gasteiger partial charge in [-0.3, -0.25) is 4.99 Å². The van der Waals surface area contributed by atoms with E-state index in [-0.39, 0.29) is 35.5 Å². The number of guanidine groups is 1. The Bertz CT molecular complexity index is 904. The summed E-state index contributed by atoms with van der Waals surface area (Å²) in [5, 5.41) is 3.32. The van der Waals surface area contributed by atoms with Gasteiger partial charge in [-0.25, -0.2) is 18.4 Å². The standard InChI is InChI=1S/C21H30N6O2S.HI/c1-2-22-20(26-13-15-27(16-14-26)21-23-10-6-11-24-21)25-12-7-17-30(28,29)18-19-8-4-3-5-9-19;/h3-6,8-11H,2,7,12-18H2,1H3,(H,22,25);1H. The minimum atomic E-state index is -3.13. The van der Waals surface area contributed by atoms with Gasteiger partial charge in [0.25, 0.3) is 0 Å². The molecule has 1 fully saturated rings. The maximum absolute atomic E-state index is 12.4. The quantitative estimate of drug-likeness (QED) is 0.230. The van der Waals surface area contributed by atoms with Crippen LogP contribution in [-0.4, -0.2) is 74.3 Å². The maximum Gasteiger partial charge on any atom is 0.225 e. The van der Waals surface area contributed by atoms with E-state index < -0.39 is 9.84 Å². The van der Waals surface area contributed by atoms with E-state index >= 15 is 0 Å². The van der Waals surface area contributed by atoms with Gasteiger partial charge in [-0.1, -0.05) is 30.3 Å². The van der Waals surface area contributed by atoms with Gasteiger partial charge in [0, 0.05) is 51.7 Å². The van der Waals surface area contributed by atoms with Crippen LogP contribution in [-0.2, 0) is 15.6 Å². The van der Waals surface area contributed by atoms with E-state index in [1.165, 1.54) is 0 Å². The molecule has 0 saturated carbocycles. The molecule has 1 aliphatic heterocycles. The van der Waals surface area contributed by atoms with Gasteiger partial charge in [-0.2, -0.15) is 0 Å². The van der Waals surface area contributed by atoms with Crippen molar-refractivity contribution in [2.24, 2.45) is 4.99 Å². The maximum atomic E-state index is 12.4. The summed E-state index contributed by atoms with van der Waals surface area (Å²) in [6.07, 6.45) is 4.03. The molecule has 1 aromatic carbocycles. The smallest absolute Gasteiger partial charge is 0.225 e. The summed E-state index contributed by atoms with van der Waals surface area (Å²) < 4.78 is 24.7. The molecule has 1 aromatic heterocycles. The highest BCUT2D eigenvalue weighted by atomic mass is 127. The van der Waals surface area contributed by atoms with Crippen molar-refractivity contribution in [3.05, 3.63) is 54.4 Å². The van der Waals surface area contributed by atoms with Gasteiger partial charge in [0.05, 0.1) is 11.5 Å². The highest BCUT2D eigenvalue weighted by Crippen LogP contribution is 2.10. The molecule has 0 atom stereocenters. The van der Waals surface area contributed by atoms with Gasteiger partial charge in [0.1, 0.15) is 0 Å². The molecule has 2 heterocycles. The molecule has 1 N–H and O–H groups in total. The van der Waals surface area contributed by atoms with Gasteiger partial charge in [-0.05, 0) is 25.0 Å². The molecule has 10 heteroatoms. The number of aromatic nitrogens is 2. The minimum Gasteiger partial charge on any atom is -0.357 e. The summed E-state index contributed by atoms with van der Waals surface area (Å²) in [6, 6.07) is 11.1. The molecular weight excluding hydrogens is 527 g/mol. The van der Waals surface area contributed by atoms with Crippen LogP contribution in [0.15, 0.2) is 53.8 Å². The summed E-state index contributed by atoms with van der Waals surface area (Å²) in [7, 11) is -3.13. The number of benzene rings is 1. The number of hydrogen-bond acceptors (Lipinski definition) is 6. The van der Waals surface area contributed by atoms with Crippen LogP contribution in [0.4, 0.5) is 5.95 Å². The molecule has 0 radical (unpaired) electrons. The van der Waals surface area contributed by atoms with Crippen molar-refractivity contribution in [2.75, 3.05) is 49.9 Å². The molecule has 1 saturated heterocycles. The zero-order chi connectivity index (χ0) is 21.2. The predicted octanol–water partition coefficient (Wildman–Crippen LogP) is 2.19. The van der Waals surface area contributed by atoms with Crippen LogP contribution in [0.2, 0.25) is 0 Å². The Morgan fingerprint density at radius 3 is 2.39 bits per heavy atom. The summed E-state index contributed by atoms with van der Waals surface area (Å²) in [6.45, 7) is 6.56. The average Bonchev–Trinajstić information content (AvgIpc) is 2.77. The van der Waals surface area contributed by atoms with E-state index in [4.69, 9.17) is 0 Å². The molecule has 170 valence electrons. The molecule has 0 unspecified atom stereocenters. The Morgan fingerprint density at radius 1 is 1.06 bits per heavy atom. The number of anilines is 1. The number of sulfone groups is 1. The largest absolute Gasteiger partial charge is 0.357 e. The van der Waals surface area contributed by atoms with Crippen LogP contribution < -0.4 is 10.2 Å². The normalized spacial score (nSPS) is 14.8. The fourth-order valence-electron chi connectivity index (χ4n) is 3.37. The van der Waals surface area contributed by atoms with E-state index in [0.29, 0.717) is 13.0 Å². The van der Waals surface area contributed by atoms with E-state index in [1.54, 1.807) is 12.4 Å². The van der Waals surface area contributed by atoms with Gasteiger partial charge in [0.15, 0.2) is 15.8 Å². The monoisotopic (exact) mass is 558 g/mol. The van der Waals surface area contributed by atoms with E-state index in [9.17, 15) is 8.42 Å². The summed E-state index contributed by atoms with van der Waals surface area (Å²) in [5.74, 6) is 1.82. The van der Waals surface area contributed by atoms with Gasteiger partial charge in [0.2, 0.25) is 5.95 Å². The zero-order valence-electron chi connectivity index (χ0n) is 17.9. The molecule has 1 aliphatic rings. The first-order valence-electron chi connectivity index (χ1n) is 10.4. The summed E-state index contributed by atoms with van der Waals surface area (Å²) in [4.78, 5) is 17.7. The van der Waals surface area contributed by atoms with Crippen molar-refractivity contribution in [3.8, 4) is 0 Å². The third kappa shape index (κ3) is 8.24. The number of piperazine rings is 1. The van der Waals surface area contributed by atoms with Crippen molar-refractivity contribution in [2.45, 2.75) is 19.1 Å². The van der Waals surface area contributed by atoms with Gasteiger partial charge in [-0.15, -0.1) is 24.0 Å². The van der Waals surface area contributed by atoms with E-state index in [0.717, 1.165) is 50.2 Å². The predicted molar refractivity (Wildman–Crippen MR) is 136 cm³/mol. The van der Waals surface area contributed by atoms with Crippen LogP contribution in [0, 0.1) is 0 Å². The lowest BCUT2D eigenvalue weighted by Gasteiger charge is -2.36. The Labute approximate surface area is 202 Å². The molecule has 0 amide bonds. The first-order valence-corrected chi connectivity index (χ1v) is 12.2. The van der Waals surface area contributed by atoms with Gasteiger partial charge >= 0.3 is 0 Å². The lowest BCUT2D eigenvalue weighted by atomic mass is 10.2. The number of aliphatic imine (C=N–C) groups is 1. The second-order valence-corrected chi connectivity index (χ2v) is 9.37. The third-order valence-electron chi connectivity index (χ3n) is 4.85. The number of halogens is 1. The van der Waals surface area contributed by atoms with Crippen LogP contribution in [0.3, 0.4) is 0 Å². The van der Waals surface area contributed by atoms with Crippen molar-refractivity contribution in [1.82, 2.24) is 20.2 Å². The SMILES string of the molecule is CCNC(=NCCCS(=O)(=O)Cc1ccccc1)N1CCN(c2ncccn2)CC1.I. The lowest BCUT2D eigenvalue weighted by molar-refractivity contribution is 0.370. The highest BCUT2D eigenvalue weighted by Gasteiger charge is 2.21. The molecule has 3 rings (SSSR count). The minimum absolute atomic E-state index is 0. The average molecular weight is 558 g/mol. The molecule has 8 nitrogen and oxygen atoms in total. The van der Waals surface area contributed by atoms with Crippen LogP contribution in [0.25, 0.3) is 0 Å². The summed E-state index contributed by atoms with van der Waals surface area (Å²) >= 11 is 0. The van der Waals surface area contributed by atoms with E-state index in [1.807, 2.05) is 43.3 Å². The molecule has 31 heavy (non-hydrogen) atoms. The Morgan fingerprint density at radius 2 is 1.74 bits per heavy atom. The summed E-state index contributed by atoms with van der Waals surface area (Å²) in [5.41, 5.74) is 0.828. The Balaban J connectivity index is 0.00000341. The number of rotatable bonds is 8. The molecule has 2 aromatic rings. The molecule has 0 aliphatic carbocycles. The van der Waals surface area contributed by atoms with Crippen LogP contribution in [0.5, 0.6) is 0 Å². The zero-order valence-corrected chi connectivity index (χ0v) is 21.0. The van der Waals surface area contributed by atoms with Crippen molar-refractivity contribution >= 4 is 45.7 Å². The van der Waals surface area contributed by atoms with Crippen molar-refractivity contribution in [3.63, 3.8) is 0 Å². The first kappa shape index (κ1) is 25.3. The molecular formula is C21H31IN6O2S. The fraction of sp³-hybridized carbons (Fsp3) is 0.476. The van der Waals surface area contributed by atoms with Crippen molar-refractivity contribution in [1.29, 1.82) is 0 Å². The number of nitrogens with zero attached hydrogens (tertiary/aromatic N) is 5. The molecule has 0 spiro atoms. The van der Waals surface area contributed by atoms with E-state index in [2.05, 4.69) is 30.1 Å². The highest BCUT2D eigenvalue weighted by molar-refractivity contribution is 14.0. The second kappa shape index (κ2) is 12.8. The Hall–Kier alpha value is -1.95. The van der Waals surface area contributed by atoms with Crippen molar-refractivity contribution < 1.29 is 8.42 Å². The molecule has 0 bridgehead atoms. The van der Waals surface area contributed by atoms with Gasteiger partial charge < -0.3 is 15.1 Å². The fourth-order valence-corrected chi connectivity index (χ4v) is 4.78.